The van der Waals surface area contributed by atoms with E-state index in [4.69, 9.17) is 11.1 Å². The monoisotopic (exact) mass is 138 g/mol. The van der Waals surface area contributed by atoms with Crippen LogP contribution in [-0.4, -0.2) is 11.8 Å². The first-order valence-electron chi connectivity index (χ1n) is 3.63. The van der Waals surface area contributed by atoms with Crippen LogP contribution in [0.3, 0.4) is 0 Å². The normalized spacial score (nSPS) is 27.5. The second-order valence-corrected chi connectivity index (χ2v) is 2.96. The summed E-state index contributed by atoms with van der Waals surface area (Å²) in [7, 11) is 0. The molecule has 1 aliphatic carbocycles. The lowest BCUT2D eigenvalue weighted by Crippen LogP contribution is -2.33. The molecule has 1 aliphatic rings. The zero-order valence-corrected chi connectivity index (χ0v) is 6.57. The summed E-state index contributed by atoms with van der Waals surface area (Å²) in [6.07, 6.45) is 2.01. The van der Waals surface area contributed by atoms with Crippen molar-refractivity contribution in [3.8, 4) is 0 Å². The Hall–Kier alpha value is -0.630. The maximum atomic E-state index is 7.55. The van der Waals surface area contributed by atoms with E-state index in [2.05, 4.69) is 6.92 Å². The van der Waals surface area contributed by atoms with Gasteiger partial charge in [-0.05, 0) is 32.3 Å². The lowest BCUT2D eigenvalue weighted by atomic mass is 9.89. The molecule has 1 unspecified atom stereocenters. The molecule has 0 aromatic carbocycles. The smallest absolute Gasteiger partial charge is 0.0510 e. The minimum Gasteiger partial charge on any atom is -0.323 e. The van der Waals surface area contributed by atoms with E-state index >= 15 is 0 Å². The summed E-state index contributed by atoms with van der Waals surface area (Å²) in [5.74, 6) is 0. The number of rotatable bonds is 0. The standard InChI is InChI=1S/C8H14N2/c1-5-3-4-7(9)8(10)6(5)2/h7,10H,3-4,9H2,1-2H3. The van der Waals surface area contributed by atoms with Gasteiger partial charge in [0.25, 0.3) is 0 Å². The van der Waals surface area contributed by atoms with Gasteiger partial charge in [0.1, 0.15) is 0 Å². The van der Waals surface area contributed by atoms with Gasteiger partial charge in [-0.2, -0.15) is 0 Å². The lowest BCUT2D eigenvalue weighted by molar-refractivity contribution is 0.716. The maximum absolute atomic E-state index is 7.55. The fourth-order valence-corrected chi connectivity index (χ4v) is 1.21. The first kappa shape index (κ1) is 7.48. The fraction of sp³-hybridized carbons (Fsp3) is 0.625. The summed E-state index contributed by atoms with van der Waals surface area (Å²) in [5.41, 5.74) is 8.72. The van der Waals surface area contributed by atoms with Crippen molar-refractivity contribution < 1.29 is 0 Å². The third-order valence-electron chi connectivity index (χ3n) is 2.25. The molecule has 1 atom stereocenters. The molecule has 1 rings (SSSR count). The molecule has 0 spiro atoms. The lowest BCUT2D eigenvalue weighted by Gasteiger charge is -2.21. The highest BCUT2D eigenvalue weighted by molar-refractivity contribution is 6.02. The predicted molar refractivity (Wildman–Crippen MR) is 43.3 cm³/mol. The van der Waals surface area contributed by atoms with E-state index in [-0.39, 0.29) is 6.04 Å². The van der Waals surface area contributed by atoms with E-state index in [9.17, 15) is 0 Å². The summed E-state index contributed by atoms with van der Waals surface area (Å²) in [4.78, 5) is 0. The molecule has 0 fully saturated rings. The largest absolute Gasteiger partial charge is 0.323 e. The number of nitrogens with two attached hydrogens (primary N) is 1. The van der Waals surface area contributed by atoms with Crippen molar-refractivity contribution in [2.45, 2.75) is 32.7 Å². The van der Waals surface area contributed by atoms with Gasteiger partial charge in [-0.1, -0.05) is 5.57 Å². The fourth-order valence-electron chi connectivity index (χ4n) is 1.21. The number of hydrogen-bond acceptors (Lipinski definition) is 2. The Morgan fingerprint density at radius 1 is 1.50 bits per heavy atom. The number of nitrogens with one attached hydrogen (secondary N) is 1. The van der Waals surface area contributed by atoms with Gasteiger partial charge in [0.15, 0.2) is 0 Å². The van der Waals surface area contributed by atoms with Gasteiger partial charge in [0, 0.05) is 6.04 Å². The average Bonchev–Trinajstić information content (AvgIpc) is 1.93. The highest BCUT2D eigenvalue weighted by Gasteiger charge is 2.17. The van der Waals surface area contributed by atoms with Gasteiger partial charge in [-0.3, -0.25) is 0 Å². The molecule has 0 saturated heterocycles. The number of allylic oxidation sites excluding steroid dienone is 1. The van der Waals surface area contributed by atoms with Crippen LogP contribution < -0.4 is 5.73 Å². The molecule has 56 valence electrons. The van der Waals surface area contributed by atoms with E-state index < -0.39 is 0 Å². The van der Waals surface area contributed by atoms with Gasteiger partial charge in [0.2, 0.25) is 0 Å². The van der Waals surface area contributed by atoms with Crippen LogP contribution in [0.2, 0.25) is 0 Å². The maximum Gasteiger partial charge on any atom is 0.0510 e. The molecule has 2 nitrogen and oxygen atoms in total. The summed E-state index contributed by atoms with van der Waals surface area (Å²) >= 11 is 0. The van der Waals surface area contributed by atoms with Crippen LogP contribution in [0, 0.1) is 5.41 Å². The topological polar surface area (TPSA) is 49.9 Å². The molecule has 0 aromatic rings. The Kier molecular flexibility index (Phi) is 1.90. The van der Waals surface area contributed by atoms with Crippen molar-refractivity contribution in [3.63, 3.8) is 0 Å². The molecule has 10 heavy (non-hydrogen) atoms. The van der Waals surface area contributed by atoms with Crippen LogP contribution in [-0.2, 0) is 0 Å². The Labute approximate surface area is 61.6 Å². The first-order chi connectivity index (χ1) is 4.63. The van der Waals surface area contributed by atoms with Crippen molar-refractivity contribution in [1.29, 1.82) is 5.41 Å². The molecule has 0 radical (unpaired) electrons. The Balaban J connectivity index is 2.88. The van der Waals surface area contributed by atoms with E-state index in [0.29, 0.717) is 5.71 Å². The van der Waals surface area contributed by atoms with Crippen LogP contribution >= 0.6 is 0 Å². The average molecular weight is 138 g/mol. The molecule has 0 aromatic heterocycles. The molecule has 2 heteroatoms. The Morgan fingerprint density at radius 3 is 2.60 bits per heavy atom. The minimum atomic E-state index is -0.0105. The SMILES string of the molecule is CC1=C(C)C(=N)C(N)CC1. The second-order valence-electron chi connectivity index (χ2n) is 2.96. The van der Waals surface area contributed by atoms with Gasteiger partial charge >= 0.3 is 0 Å². The molecule has 0 bridgehead atoms. The van der Waals surface area contributed by atoms with Crippen LogP contribution in [0.15, 0.2) is 11.1 Å². The Morgan fingerprint density at radius 2 is 2.10 bits per heavy atom. The molecule has 3 N–H and O–H groups in total. The van der Waals surface area contributed by atoms with E-state index in [1.165, 1.54) is 5.57 Å². The molecular formula is C8H14N2. The minimum absolute atomic E-state index is 0.0105. The second kappa shape index (κ2) is 2.54. The van der Waals surface area contributed by atoms with Crippen molar-refractivity contribution in [2.24, 2.45) is 5.73 Å². The first-order valence-corrected chi connectivity index (χ1v) is 3.63. The van der Waals surface area contributed by atoms with E-state index in [0.717, 1.165) is 18.4 Å². The van der Waals surface area contributed by atoms with Crippen molar-refractivity contribution in [1.82, 2.24) is 0 Å². The van der Waals surface area contributed by atoms with Crippen molar-refractivity contribution >= 4 is 5.71 Å². The summed E-state index contributed by atoms with van der Waals surface area (Å²) in [5, 5.41) is 7.55. The molecular weight excluding hydrogens is 124 g/mol. The van der Waals surface area contributed by atoms with Gasteiger partial charge in [-0.25, -0.2) is 0 Å². The number of hydrogen-bond donors (Lipinski definition) is 2. The zero-order valence-electron chi connectivity index (χ0n) is 6.57. The predicted octanol–water partition coefficient (Wildman–Crippen LogP) is 1.46. The van der Waals surface area contributed by atoms with E-state index in [1.807, 2.05) is 6.92 Å². The van der Waals surface area contributed by atoms with Gasteiger partial charge in [0.05, 0.1) is 5.71 Å². The molecule has 0 amide bonds. The Bertz CT molecular complexity index is 191. The van der Waals surface area contributed by atoms with Gasteiger partial charge < -0.3 is 11.1 Å². The van der Waals surface area contributed by atoms with Crippen LogP contribution in [0.5, 0.6) is 0 Å². The van der Waals surface area contributed by atoms with Crippen molar-refractivity contribution in [2.75, 3.05) is 0 Å². The van der Waals surface area contributed by atoms with Crippen LogP contribution in [0.1, 0.15) is 26.7 Å². The van der Waals surface area contributed by atoms with Crippen LogP contribution in [0.25, 0.3) is 0 Å². The summed E-state index contributed by atoms with van der Waals surface area (Å²) < 4.78 is 0. The summed E-state index contributed by atoms with van der Waals surface area (Å²) in [6, 6.07) is -0.0105. The third kappa shape index (κ3) is 1.12. The van der Waals surface area contributed by atoms with Crippen molar-refractivity contribution in [3.05, 3.63) is 11.1 Å². The van der Waals surface area contributed by atoms with Crippen LogP contribution in [0.4, 0.5) is 0 Å². The van der Waals surface area contributed by atoms with Gasteiger partial charge in [-0.15, -0.1) is 0 Å². The third-order valence-corrected chi connectivity index (χ3v) is 2.25. The molecule has 0 saturated carbocycles. The van der Waals surface area contributed by atoms with E-state index in [1.54, 1.807) is 0 Å². The molecule has 0 heterocycles. The highest BCUT2D eigenvalue weighted by Crippen LogP contribution is 2.20. The quantitative estimate of drug-likeness (QED) is 0.523. The summed E-state index contributed by atoms with van der Waals surface area (Å²) in [6.45, 7) is 4.06. The highest BCUT2D eigenvalue weighted by atomic mass is 14.7. The zero-order chi connectivity index (χ0) is 7.72. The molecule has 0 aliphatic heterocycles.